The van der Waals surface area contributed by atoms with Gasteiger partial charge in [-0.05, 0) is 45.2 Å². The van der Waals surface area contributed by atoms with Crippen LogP contribution in [0.5, 0.6) is 0 Å². The summed E-state index contributed by atoms with van der Waals surface area (Å²) < 4.78 is 0. The first-order chi connectivity index (χ1) is 8.24. The summed E-state index contributed by atoms with van der Waals surface area (Å²) in [5.74, 6) is -0.693. The van der Waals surface area contributed by atoms with Gasteiger partial charge in [0.15, 0.2) is 0 Å². The molecule has 1 aliphatic heterocycles. The number of rotatable bonds is 8. The standard InChI is InChI=1S/C13H25NO3/c15-11-8-12-6-3-5-10-14(12)9-4-1-2-7-13(16)17/h12,15H,1-11H2,(H,16,17). The zero-order valence-corrected chi connectivity index (χ0v) is 10.6. The molecule has 17 heavy (non-hydrogen) atoms. The fourth-order valence-electron chi connectivity index (χ4n) is 2.60. The number of likely N-dealkylation sites (tertiary alicyclic amines) is 1. The van der Waals surface area contributed by atoms with E-state index in [9.17, 15) is 4.79 Å². The maximum absolute atomic E-state index is 10.4. The van der Waals surface area contributed by atoms with Crippen LogP contribution in [0.15, 0.2) is 0 Å². The van der Waals surface area contributed by atoms with Crippen LogP contribution in [0, 0.1) is 0 Å². The molecule has 1 unspecified atom stereocenters. The van der Waals surface area contributed by atoms with Gasteiger partial charge >= 0.3 is 5.97 Å². The van der Waals surface area contributed by atoms with Crippen LogP contribution >= 0.6 is 0 Å². The van der Waals surface area contributed by atoms with Crippen LogP contribution in [-0.4, -0.2) is 46.8 Å². The van der Waals surface area contributed by atoms with E-state index >= 15 is 0 Å². The quantitative estimate of drug-likeness (QED) is 0.639. The second-order valence-electron chi connectivity index (χ2n) is 4.90. The Bertz CT molecular complexity index is 219. The van der Waals surface area contributed by atoms with E-state index < -0.39 is 5.97 Å². The normalized spacial score (nSPS) is 21.6. The Hall–Kier alpha value is -0.610. The molecule has 1 fully saturated rings. The molecule has 0 aromatic carbocycles. The molecule has 1 rings (SSSR count). The van der Waals surface area contributed by atoms with Crippen molar-refractivity contribution >= 4 is 5.97 Å². The van der Waals surface area contributed by atoms with Crippen LogP contribution in [0.25, 0.3) is 0 Å². The van der Waals surface area contributed by atoms with Gasteiger partial charge in [0, 0.05) is 19.1 Å². The lowest BCUT2D eigenvalue weighted by Gasteiger charge is -2.35. The van der Waals surface area contributed by atoms with Gasteiger partial charge in [-0.2, -0.15) is 0 Å². The third-order valence-corrected chi connectivity index (χ3v) is 3.55. The van der Waals surface area contributed by atoms with Gasteiger partial charge in [-0.3, -0.25) is 4.79 Å². The summed E-state index contributed by atoms with van der Waals surface area (Å²) in [4.78, 5) is 12.8. The van der Waals surface area contributed by atoms with Crippen molar-refractivity contribution in [3.05, 3.63) is 0 Å². The smallest absolute Gasteiger partial charge is 0.303 e. The molecule has 0 amide bonds. The molecule has 0 aromatic heterocycles. The topological polar surface area (TPSA) is 60.8 Å². The minimum absolute atomic E-state index is 0.278. The molecule has 1 saturated heterocycles. The van der Waals surface area contributed by atoms with Gasteiger partial charge in [-0.15, -0.1) is 0 Å². The van der Waals surface area contributed by atoms with Crippen LogP contribution in [0.4, 0.5) is 0 Å². The maximum Gasteiger partial charge on any atom is 0.303 e. The highest BCUT2D eigenvalue weighted by Crippen LogP contribution is 2.20. The number of hydrogen-bond acceptors (Lipinski definition) is 3. The number of nitrogens with zero attached hydrogens (tertiary/aromatic N) is 1. The number of carboxylic acid groups (broad SMARTS) is 1. The molecule has 0 spiro atoms. The summed E-state index contributed by atoms with van der Waals surface area (Å²) in [6.07, 6.45) is 7.78. The lowest BCUT2D eigenvalue weighted by molar-refractivity contribution is -0.137. The number of carbonyl (C=O) groups is 1. The predicted octanol–water partition coefficient (Wildman–Crippen LogP) is 1.87. The molecule has 0 saturated carbocycles. The number of unbranched alkanes of at least 4 members (excludes halogenated alkanes) is 2. The maximum atomic E-state index is 10.4. The molecule has 100 valence electrons. The van der Waals surface area contributed by atoms with Crippen molar-refractivity contribution in [1.82, 2.24) is 4.90 Å². The second-order valence-corrected chi connectivity index (χ2v) is 4.90. The Kier molecular flexibility index (Phi) is 7.21. The molecular weight excluding hydrogens is 218 g/mol. The monoisotopic (exact) mass is 243 g/mol. The van der Waals surface area contributed by atoms with Gasteiger partial charge < -0.3 is 15.1 Å². The summed E-state index contributed by atoms with van der Waals surface area (Å²) in [5, 5.41) is 17.6. The Labute approximate surface area is 104 Å². The van der Waals surface area contributed by atoms with Crippen LogP contribution in [0.1, 0.15) is 51.4 Å². The molecule has 4 heteroatoms. The molecule has 1 heterocycles. The Morgan fingerprint density at radius 3 is 2.76 bits per heavy atom. The zero-order chi connectivity index (χ0) is 12.5. The lowest BCUT2D eigenvalue weighted by Crippen LogP contribution is -2.40. The second kappa shape index (κ2) is 8.48. The van der Waals surface area contributed by atoms with Crippen LogP contribution in [-0.2, 0) is 4.79 Å². The fourth-order valence-corrected chi connectivity index (χ4v) is 2.60. The molecule has 0 aromatic rings. The van der Waals surface area contributed by atoms with Gasteiger partial charge in [0.1, 0.15) is 0 Å². The number of aliphatic hydroxyl groups excluding tert-OH is 1. The molecule has 0 radical (unpaired) electrons. The van der Waals surface area contributed by atoms with E-state index in [0.717, 1.165) is 38.8 Å². The van der Waals surface area contributed by atoms with E-state index in [1.54, 1.807) is 0 Å². The van der Waals surface area contributed by atoms with Crippen molar-refractivity contribution in [1.29, 1.82) is 0 Å². The summed E-state index contributed by atoms with van der Waals surface area (Å²) in [7, 11) is 0. The number of carboxylic acids is 1. The highest BCUT2D eigenvalue weighted by atomic mass is 16.4. The van der Waals surface area contributed by atoms with Crippen molar-refractivity contribution in [3.63, 3.8) is 0 Å². The molecule has 1 atom stereocenters. The van der Waals surface area contributed by atoms with E-state index in [4.69, 9.17) is 10.2 Å². The minimum atomic E-state index is -0.693. The average molecular weight is 243 g/mol. The first kappa shape index (κ1) is 14.5. The van der Waals surface area contributed by atoms with Gasteiger partial charge in [0.2, 0.25) is 0 Å². The van der Waals surface area contributed by atoms with Crippen molar-refractivity contribution in [2.45, 2.75) is 57.4 Å². The Morgan fingerprint density at radius 1 is 1.24 bits per heavy atom. The highest BCUT2D eigenvalue weighted by Gasteiger charge is 2.20. The Balaban J connectivity index is 2.12. The largest absolute Gasteiger partial charge is 0.481 e. The number of aliphatic hydroxyl groups is 1. The van der Waals surface area contributed by atoms with Gasteiger partial charge in [-0.1, -0.05) is 12.8 Å². The fraction of sp³-hybridized carbons (Fsp3) is 0.923. The molecule has 2 N–H and O–H groups in total. The third kappa shape index (κ3) is 6.03. The molecule has 0 bridgehead atoms. The summed E-state index contributed by atoms with van der Waals surface area (Å²) in [5.41, 5.74) is 0. The van der Waals surface area contributed by atoms with Crippen LogP contribution in [0.3, 0.4) is 0 Å². The molecular formula is C13H25NO3. The first-order valence-corrected chi connectivity index (χ1v) is 6.80. The molecule has 0 aliphatic carbocycles. The van der Waals surface area contributed by atoms with Crippen molar-refractivity contribution in [2.24, 2.45) is 0 Å². The minimum Gasteiger partial charge on any atom is -0.481 e. The average Bonchev–Trinajstić information content (AvgIpc) is 2.31. The van der Waals surface area contributed by atoms with E-state index in [0.29, 0.717) is 12.5 Å². The van der Waals surface area contributed by atoms with E-state index in [2.05, 4.69) is 4.90 Å². The number of hydrogen-bond donors (Lipinski definition) is 2. The van der Waals surface area contributed by atoms with Gasteiger partial charge in [0.05, 0.1) is 0 Å². The van der Waals surface area contributed by atoms with Gasteiger partial charge in [0.25, 0.3) is 0 Å². The van der Waals surface area contributed by atoms with Crippen LogP contribution < -0.4 is 0 Å². The number of piperidine rings is 1. The lowest BCUT2D eigenvalue weighted by atomic mass is 9.99. The molecule has 1 aliphatic rings. The van der Waals surface area contributed by atoms with E-state index in [-0.39, 0.29) is 6.61 Å². The third-order valence-electron chi connectivity index (χ3n) is 3.55. The predicted molar refractivity (Wildman–Crippen MR) is 67.0 cm³/mol. The van der Waals surface area contributed by atoms with Crippen molar-refractivity contribution in [3.8, 4) is 0 Å². The Morgan fingerprint density at radius 2 is 2.06 bits per heavy atom. The SMILES string of the molecule is O=C(O)CCCCCN1CCCCC1CCO. The first-order valence-electron chi connectivity index (χ1n) is 6.80. The summed E-state index contributed by atoms with van der Waals surface area (Å²) in [6.45, 7) is 2.48. The van der Waals surface area contributed by atoms with Crippen LogP contribution in [0.2, 0.25) is 0 Å². The van der Waals surface area contributed by atoms with Crippen molar-refractivity contribution in [2.75, 3.05) is 19.7 Å². The summed E-state index contributed by atoms with van der Waals surface area (Å²) in [6, 6.07) is 0.549. The van der Waals surface area contributed by atoms with Gasteiger partial charge in [-0.25, -0.2) is 0 Å². The highest BCUT2D eigenvalue weighted by molar-refractivity contribution is 5.66. The van der Waals surface area contributed by atoms with Crippen molar-refractivity contribution < 1.29 is 15.0 Å². The number of aliphatic carboxylic acids is 1. The molecule has 4 nitrogen and oxygen atoms in total. The van der Waals surface area contributed by atoms with E-state index in [1.165, 1.54) is 19.3 Å². The zero-order valence-electron chi connectivity index (χ0n) is 10.6. The van der Waals surface area contributed by atoms with E-state index in [1.807, 2.05) is 0 Å². The summed E-state index contributed by atoms with van der Waals surface area (Å²) >= 11 is 0.